The maximum atomic E-state index is 13.0. The fraction of sp³-hybridized carbons (Fsp3) is 0.250. The molecule has 32 heavy (non-hydrogen) atoms. The number of benzene rings is 2. The molecule has 12 heteroatoms. The van der Waals surface area contributed by atoms with Crippen molar-refractivity contribution in [2.24, 2.45) is 0 Å². The van der Waals surface area contributed by atoms with Crippen molar-refractivity contribution >= 4 is 69.5 Å². The zero-order chi connectivity index (χ0) is 23.4. The van der Waals surface area contributed by atoms with E-state index >= 15 is 0 Å². The Kier molecular flexibility index (Phi) is 7.49. The van der Waals surface area contributed by atoms with Gasteiger partial charge < -0.3 is 15.3 Å². The van der Waals surface area contributed by atoms with Crippen molar-refractivity contribution in [1.29, 1.82) is 0 Å². The van der Waals surface area contributed by atoms with Crippen LogP contribution in [0.3, 0.4) is 0 Å². The highest BCUT2D eigenvalue weighted by molar-refractivity contribution is 7.80. The molecule has 0 aliphatic carbocycles. The number of nitrogens with zero attached hydrogens (tertiary/aromatic N) is 2. The number of nitro groups is 1. The van der Waals surface area contributed by atoms with Crippen LogP contribution in [0.5, 0.6) is 0 Å². The lowest BCUT2D eigenvalue weighted by Crippen LogP contribution is -2.36. The number of amides is 1. The lowest BCUT2D eigenvalue weighted by molar-refractivity contribution is -0.384. The molecule has 1 saturated heterocycles. The van der Waals surface area contributed by atoms with Gasteiger partial charge >= 0.3 is 5.97 Å². The average Bonchev–Trinajstić information content (AvgIpc) is 2.75. The predicted molar refractivity (Wildman–Crippen MR) is 126 cm³/mol. The molecule has 1 aliphatic heterocycles. The molecule has 1 fully saturated rings. The fourth-order valence-electron chi connectivity index (χ4n) is 3.36. The highest BCUT2D eigenvalue weighted by atomic mass is 35.5. The largest absolute Gasteiger partial charge is 0.478 e. The molecule has 0 radical (unpaired) electrons. The summed E-state index contributed by atoms with van der Waals surface area (Å²) in [6.45, 7) is 1.47. The van der Waals surface area contributed by atoms with Crippen molar-refractivity contribution in [2.75, 3.05) is 23.3 Å². The number of rotatable bonds is 5. The Morgan fingerprint density at radius 3 is 2.38 bits per heavy atom. The minimum atomic E-state index is -1.26. The minimum absolute atomic E-state index is 0.0502. The number of aromatic carboxylic acids is 1. The van der Waals surface area contributed by atoms with E-state index in [0.717, 1.165) is 32.4 Å². The molecule has 0 aromatic heterocycles. The van der Waals surface area contributed by atoms with Gasteiger partial charge in [-0.05, 0) is 49.7 Å². The molecule has 168 valence electrons. The van der Waals surface area contributed by atoms with Gasteiger partial charge in [0.1, 0.15) is 0 Å². The molecule has 0 bridgehead atoms. The molecule has 9 nitrogen and oxygen atoms in total. The number of nitrogens with one attached hydrogen (secondary N) is 2. The number of thiocarbonyl (C=S) groups is 1. The summed E-state index contributed by atoms with van der Waals surface area (Å²) in [5.41, 5.74) is 0.404. The number of carboxylic acids is 1. The Morgan fingerprint density at radius 2 is 1.75 bits per heavy atom. The Balaban J connectivity index is 1.84. The van der Waals surface area contributed by atoms with Gasteiger partial charge in [0.2, 0.25) is 0 Å². The second-order valence-corrected chi connectivity index (χ2v) is 8.25. The summed E-state index contributed by atoms with van der Waals surface area (Å²) in [6, 6.07) is 6.56. The monoisotopic (exact) mass is 496 g/mol. The maximum Gasteiger partial charge on any atom is 0.337 e. The smallest absolute Gasteiger partial charge is 0.337 e. The van der Waals surface area contributed by atoms with E-state index < -0.39 is 16.8 Å². The molecule has 0 unspecified atom stereocenters. The average molecular weight is 497 g/mol. The van der Waals surface area contributed by atoms with Crippen LogP contribution < -0.4 is 15.5 Å². The third-order valence-electron chi connectivity index (χ3n) is 4.89. The van der Waals surface area contributed by atoms with Gasteiger partial charge in [-0.2, -0.15) is 0 Å². The van der Waals surface area contributed by atoms with Crippen LogP contribution in [0, 0.1) is 10.1 Å². The van der Waals surface area contributed by atoms with Crippen LogP contribution in [0.25, 0.3) is 0 Å². The van der Waals surface area contributed by atoms with Crippen molar-refractivity contribution in [1.82, 2.24) is 5.32 Å². The maximum absolute atomic E-state index is 13.0. The summed E-state index contributed by atoms with van der Waals surface area (Å²) < 4.78 is 0. The molecule has 2 aromatic carbocycles. The van der Waals surface area contributed by atoms with Crippen LogP contribution in [-0.2, 0) is 0 Å². The van der Waals surface area contributed by atoms with E-state index in [-0.39, 0.29) is 37.7 Å². The molecule has 0 spiro atoms. The molecule has 0 saturated carbocycles. The zero-order valence-corrected chi connectivity index (χ0v) is 18.9. The number of nitro benzene ring substituents is 1. The standard InChI is InChI=1S/C20H18Cl2N4O5S/c21-14-10-15(22)16(9-12(14)19(28)29)23-20(32)24-18(27)13-8-11(26(30)31)4-5-17(13)25-6-2-1-3-7-25/h4-5,8-10H,1-3,6-7H2,(H,28,29)(H2,23,24,27,32). The first-order valence-corrected chi connectivity index (χ1v) is 10.7. The van der Waals surface area contributed by atoms with E-state index in [9.17, 15) is 24.8 Å². The summed E-state index contributed by atoms with van der Waals surface area (Å²) >= 11 is 17.1. The van der Waals surface area contributed by atoms with Crippen LogP contribution in [0.4, 0.5) is 17.1 Å². The van der Waals surface area contributed by atoms with Crippen LogP contribution in [0.2, 0.25) is 10.0 Å². The normalized spacial score (nSPS) is 13.4. The molecule has 3 rings (SSSR count). The van der Waals surface area contributed by atoms with Gasteiger partial charge in [-0.1, -0.05) is 23.2 Å². The van der Waals surface area contributed by atoms with Crippen molar-refractivity contribution in [2.45, 2.75) is 19.3 Å². The minimum Gasteiger partial charge on any atom is -0.478 e. The third-order valence-corrected chi connectivity index (χ3v) is 5.72. The van der Waals surface area contributed by atoms with Gasteiger partial charge in [0.05, 0.1) is 37.5 Å². The second kappa shape index (κ2) is 10.1. The number of hydrogen-bond donors (Lipinski definition) is 3. The van der Waals surface area contributed by atoms with E-state index in [0.29, 0.717) is 5.69 Å². The molecule has 1 aliphatic rings. The zero-order valence-electron chi connectivity index (χ0n) is 16.6. The molecule has 2 aromatic rings. The Morgan fingerprint density at radius 1 is 1.06 bits per heavy atom. The molecule has 1 amide bonds. The number of carbonyl (C=O) groups is 2. The highest BCUT2D eigenvalue weighted by Gasteiger charge is 2.23. The van der Waals surface area contributed by atoms with Crippen molar-refractivity contribution in [3.63, 3.8) is 0 Å². The third kappa shape index (κ3) is 5.45. The van der Waals surface area contributed by atoms with Crippen LogP contribution in [0.1, 0.15) is 40.0 Å². The molecular weight excluding hydrogens is 479 g/mol. The van der Waals surface area contributed by atoms with Crippen molar-refractivity contribution in [3.05, 3.63) is 61.6 Å². The summed E-state index contributed by atoms with van der Waals surface area (Å²) in [4.78, 5) is 36.9. The number of non-ortho nitro benzene ring substituents is 1. The Hall–Kier alpha value is -2.95. The van der Waals surface area contributed by atoms with Crippen molar-refractivity contribution in [3.8, 4) is 0 Å². The summed E-state index contributed by atoms with van der Waals surface area (Å²) in [7, 11) is 0. The van der Waals surface area contributed by atoms with Gasteiger partial charge in [-0.25, -0.2) is 4.79 Å². The molecule has 3 N–H and O–H groups in total. The highest BCUT2D eigenvalue weighted by Crippen LogP contribution is 2.30. The van der Waals surface area contributed by atoms with Gasteiger partial charge in [0.25, 0.3) is 11.6 Å². The number of piperidine rings is 1. The topological polar surface area (TPSA) is 125 Å². The predicted octanol–water partition coefficient (Wildman–Crippen LogP) is 4.72. The van der Waals surface area contributed by atoms with Crippen LogP contribution in [0.15, 0.2) is 30.3 Å². The summed E-state index contributed by atoms with van der Waals surface area (Å²) in [6.07, 6.45) is 3.00. The number of carboxylic acid groups (broad SMARTS) is 1. The van der Waals surface area contributed by atoms with E-state index in [1.807, 2.05) is 4.90 Å². The number of anilines is 2. The Labute approximate surface area is 198 Å². The molecular formula is C20H18Cl2N4O5S. The number of hydrogen-bond acceptors (Lipinski definition) is 6. The first-order chi connectivity index (χ1) is 15.2. The van der Waals surface area contributed by atoms with Crippen LogP contribution in [-0.4, -0.2) is 40.1 Å². The summed E-state index contributed by atoms with van der Waals surface area (Å²) in [5, 5.41) is 25.5. The SMILES string of the molecule is O=C(O)c1cc(NC(=S)NC(=O)c2cc([N+](=O)[O-])ccc2N2CCCCC2)c(Cl)cc1Cl. The first kappa shape index (κ1) is 23.7. The Bertz CT molecular complexity index is 1110. The van der Waals surface area contributed by atoms with Crippen molar-refractivity contribution < 1.29 is 19.6 Å². The van der Waals surface area contributed by atoms with E-state index in [4.69, 9.17) is 35.4 Å². The first-order valence-electron chi connectivity index (χ1n) is 9.55. The van der Waals surface area contributed by atoms with Crippen LogP contribution >= 0.6 is 35.4 Å². The molecule has 0 atom stereocenters. The summed E-state index contributed by atoms with van der Waals surface area (Å²) in [5.74, 6) is -1.90. The second-order valence-electron chi connectivity index (χ2n) is 7.03. The van der Waals surface area contributed by atoms with Gasteiger partial charge in [0.15, 0.2) is 5.11 Å². The lowest BCUT2D eigenvalue weighted by Gasteiger charge is -2.30. The van der Waals surface area contributed by atoms with E-state index in [1.54, 1.807) is 6.07 Å². The lowest BCUT2D eigenvalue weighted by atomic mass is 10.1. The number of carbonyl (C=O) groups excluding carboxylic acids is 1. The van der Waals surface area contributed by atoms with Gasteiger partial charge in [-0.3, -0.25) is 20.2 Å². The van der Waals surface area contributed by atoms with E-state index in [2.05, 4.69) is 10.6 Å². The molecule has 1 heterocycles. The quantitative estimate of drug-likeness (QED) is 0.308. The fourth-order valence-corrected chi connectivity index (χ4v) is 4.08. The number of halogens is 2. The van der Waals surface area contributed by atoms with E-state index in [1.165, 1.54) is 24.3 Å². The van der Waals surface area contributed by atoms with Gasteiger partial charge in [-0.15, -0.1) is 0 Å². The van der Waals surface area contributed by atoms with Gasteiger partial charge in [0, 0.05) is 25.2 Å².